The Bertz CT molecular complexity index is 1040. The van der Waals surface area contributed by atoms with Crippen molar-refractivity contribution in [3.8, 4) is 0 Å². The zero-order valence-electron chi connectivity index (χ0n) is 16.7. The highest BCUT2D eigenvalue weighted by Crippen LogP contribution is 2.14. The molecule has 6 nitrogen and oxygen atoms in total. The number of carbonyl (C=O) groups excluding carboxylic acids is 2. The summed E-state index contributed by atoms with van der Waals surface area (Å²) in [5.41, 5.74) is 4.85. The molecule has 2 amide bonds. The van der Waals surface area contributed by atoms with Crippen LogP contribution >= 0.6 is 11.3 Å². The molecule has 0 radical (unpaired) electrons. The molecule has 152 valence electrons. The fourth-order valence-electron chi connectivity index (χ4n) is 2.56. The topological polar surface area (TPSA) is 73.8 Å². The molecule has 0 aliphatic heterocycles. The summed E-state index contributed by atoms with van der Waals surface area (Å²) in [6.07, 6.45) is 3.18. The molecular formula is C23H22N4O2S. The smallest absolute Gasteiger partial charge is 0.287 e. The Morgan fingerprint density at radius 2 is 1.70 bits per heavy atom. The highest BCUT2D eigenvalue weighted by Gasteiger charge is 2.14. The Balaban J connectivity index is 1.81. The number of nitrogens with one attached hydrogen (secondary N) is 2. The molecule has 0 aliphatic carbocycles. The van der Waals surface area contributed by atoms with E-state index in [9.17, 15) is 9.59 Å². The largest absolute Gasteiger partial charge is 0.378 e. The molecule has 3 rings (SSSR count). The molecule has 2 N–H and O–H groups in total. The quantitative estimate of drug-likeness (QED) is 0.349. The van der Waals surface area contributed by atoms with Gasteiger partial charge in [-0.15, -0.1) is 11.3 Å². The maximum absolute atomic E-state index is 12.7. The van der Waals surface area contributed by atoms with Crippen LogP contribution in [0.15, 0.2) is 82.9 Å². The maximum atomic E-state index is 12.7. The molecule has 0 atom stereocenters. The third-order valence-electron chi connectivity index (χ3n) is 4.15. The second-order valence-electron chi connectivity index (χ2n) is 6.58. The molecule has 0 bridgehead atoms. The van der Waals surface area contributed by atoms with Crippen molar-refractivity contribution in [2.45, 2.75) is 0 Å². The lowest BCUT2D eigenvalue weighted by Crippen LogP contribution is -2.32. The number of thiophene rings is 1. The normalized spacial score (nSPS) is 11.3. The van der Waals surface area contributed by atoms with Gasteiger partial charge in [-0.25, -0.2) is 5.43 Å². The third kappa shape index (κ3) is 5.89. The Labute approximate surface area is 179 Å². The number of amides is 2. The van der Waals surface area contributed by atoms with Gasteiger partial charge in [0.1, 0.15) is 5.70 Å². The molecule has 1 heterocycles. The lowest BCUT2D eigenvalue weighted by atomic mass is 10.1. The van der Waals surface area contributed by atoms with Crippen LogP contribution in [0.4, 0.5) is 5.69 Å². The summed E-state index contributed by atoms with van der Waals surface area (Å²) in [6.45, 7) is 0. The molecule has 0 aliphatic rings. The number of nitrogens with zero attached hydrogens (tertiary/aromatic N) is 2. The summed E-state index contributed by atoms with van der Waals surface area (Å²) in [5.74, 6) is -0.882. The molecule has 0 unspecified atom stereocenters. The SMILES string of the molecule is CN(C)c1ccc(/C=C(\NC(=O)c2ccccc2)C(=O)NN=Cc2cccs2)cc1. The number of benzene rings is 2. The van der Waals surface area contributed by atoms with E-state index in [4.69, 9.17) is 0 Å². The van der Waals surface area contributed by atoms with Crippen molar-refractivity contribution in [2.24, 2.45) is 5.10 Å². The molecule has 0 fully saturated rings. The standard InChI is InChI=1S/C23H22N4O2S/c1-27(2)19-12-10-17(11-13-19)15-21(25-22(28)18-7-4-3-5-8-18)23(29)26-24-16-20-9-6-14-30-20/h3-16H,1-2H3,(H,25,28)(H,26,29)/b21-15-,24-16?. The van der Waals surface area contributed by atoms with Gasteiger partial charge in [0.2, 0.25) is 0 Å². The first-order valence-electron chi connectivity index (χ1n) is 9.25. The van der Waals surface area contributed by atoms with Crippen LogP contribution in [0, 0.1) is 0 Å². The number of hydrazone groups is 1. The Morgan fingerprint density at radius 3 is 2.33 bits per heavy atom. The summed E-state index contributed by atoms with van der Waals surface area (Å²) in [7, 11) is 3.91. The van der Waals surface area contributed by atoms with Crippen LogP contribution < -0.4 is 15.6 Å². The van der Waals surface area contributed by atoms with Crippen molar-refractivity contribution in [1.29, 1.82) is 0 Å². The van der Waals surface area contributed by atoms with Crippen LogP contribution in [-0.4, -0.2) is 32.1 Å². The number of anilines is 1. The summed E-state index contributed by atoms with van der Waals surface area (Å²) < 4.78 is 0. The number of hydrogen-bond acceptors (Lipinski definition) is 5. The molecule has 3 aromatic rings. The van der Waals surface area contributed by atoms with E-state index >= 15 is 0 Å². The van der Waals surface area contributed by atoms with Crippen LogP contribution in [0.25, 0.3) is 6.08 Å². The predicted octanol–water partition coefficient (Wildman–Crippen LogP) is 3.74. The van der Waals surface area contributed by atoms with Crippen LogP contribution in [0.2, 0.25) is 0 Å². The molecule has 30 heavy (non-hydrogen) atoms. The van der Waals surface area contributed by atoms with Crippen molar-refractivity contribution in [3.63, 3.8) is 0 Å². The van der Waals surface area contributed by atoms with Crippen LogP contribution in [0.5, 0.6) is 0 Å². The Kier molecular flexibility index (Phi) is 7.13. The van der Waals surface area contributed by atoms with Gasteiger partial charge in [0.05, 0.1) is 6.21 Å². The lowest BCUT2D eigenvalue weighted by molar-refractivity contribution is -0.117. The fourth-order valence-corrected chi connectivity index (χ4v) is 3.14. The van der Waals surface area contributed by atoms with Gasteiger partial charge in [-0.1, -0.05) is 36.4 Å². The van der Waals surface area contributed by atoms with Crippen LogP contribution in [0.1, 0.15) is 20.8 Å². The highest BCUT2D eigenvalue weighted by atomic mass is 32.1. The van der Waals surface area contributed by atoms with Gasteiger partial charge in [0.15, 0.2) is 0 Å². The summed E-state index contributed by atoms with van der Waals surface area (Å²) >= 11 is 1.51. The van der Waals surface area contributed by atoms with Gasteiger partial charge in [-0.2, -0.15) is 5.10 Å². The van der Waals surface area contributed by atoms with E-state index in [0.29, 0.717) is 5.56 Å². The van der Waals surface area contributed by atoms with Crippen LogP contribution in [0.3, 0.4) is 0 Å². The van der Waals surface area contributed by atoms with E-state index in [-0.39, 0.29) is 11.6 Å². The van der Waals surface area contributed by atoms with E-state index in [1.54, 1.807) is 36.6 Å². The lowest BCUT2D eigenvalue weighted by Gasteiger charge is -2.12. The zero-order valence-corrected chi connectivity index (χ0v) is 17.5. The van der Waals surface area contributed by atoms with Gasteiger partial charge in [0, 0.05) is 30.2 Å². The second kappa shape index (κ2) is 10.2. The minimum atomic E-state index is -0.510. The van der Waals surface area contributed by atoms with E-state index in [1.165, 1.54) is 11.3 Å². The molecule has 0 spiro atoms. The number of carbonyl (C=O) groups is 2. The number of hydrogen-bond donors (Lipinski definition) is 2. The zero-order chi connectivity index (χ0) is 21.3. The average molecular weight is 419 g/mol. The van der Waals surface area contributed by atoms with E-state index < -0.39 is 5.91 Å². The van der Waals surface area contributed by atoms with Crippen molar-refractivity contribution >= 4 is 41.1 Å². The first-order valence-corrected chi connectivity index (χ1v) is 10.1. The fraction of sp³-hybridized carbons (Fsp3) is 0.0870. The van der Waals surface area contributed by atoms with Gasteiger partial charge < -0.3 is 10.2 Å². The first-order chi connectivity index (χ1) is 14.5. The van der Waals surface area contributed by atoms with E-state index in [2.05, 4.69) is 15.8 Å². The molecule has 7 heteroatoms. The molecule has 0 saturated carbocycles. The summed E-state index contributed by atoms with van der Waals surface area (Å²) in [4.78, 5) is 28.2. The van der Waals surface area contributed by atoms with Gasteiger partial charge in [0.25, 0.3) is 11.8 Å². The van der Waals surface area contributed by atoms with Gasteiger partial charge in [-0.3, -0.25) is 9.59 Å². The average Bonchev–Trinajstić information content (AvgIpc) is 3.27. The minimum absolute atomic E-state index is 0.102. The van der Waals surface area contributed by atoms with E-state index in [0.717, 1.165) is 16.1 Å². The van der Waals surface area contributed by atoms with Crippen molar-refractivity contribution in [2.75, 3.05) is 19.0 Å². The molecule has 2 aromatic carbocycles. The predicted molar refractivity (Wildman–Crippen MR) is 123 cm³/mol. The van der Waals surface area contributed by atoms with Crippen molar-refractivity contribution in [1.82, 2.24) is 10.7 Å². The summed E-state index contributed by atoms with van der Waals surface area (Å²) in [6, 6.07) is 20.2. The van der Waals surface area contributed by atoms with Crippen LogP contribution in [-0.2, 0) is 4.79 Å². The molecule has 0 saturated heterocycles. The number of rotatable bonds is 7. The third-order valence-corrected chi connectivity index (χ3v) is 4.96. The summed E-state index contributed by atoms with van der Waals surface area (Å²) in [5, 5.41) is 8.59. The Morgan fingerprint density at radius 1 is 0.967 bits per heavy atom. The highest BCUT2D eigenvalue weighted by molar-refractivity contribution is 7.11. The van der Waals surface area contributed by atoms with Gasteiger partial charge >= 0.3 is 0 Å². The molecule has 1 aromatic heterocycles. The van der Waals surface area contributed by atoms with Gasteiger partial charge in [-0.05, 0) is 47.4 Å². The minimum Gasteiger partial charge on any atom is -0.378 e. The van der Waals surface area contributed by atoms with Crippen molar-refractivity contribution in [3.05, 3.63) is 93.8 Å². The monoisotopic (exact) mass is 418 g/mol. The maximum Gasteiger partial charge on any atom is 0.287 e. The first kappa shape index (κ1) is 21.0. The Hall–Kier alpha value is -3.71. The molecular weight excluding hydrogens is 396 g/mol. The van der Waals surface area contributed by atoms with Crippen molar-refractivity contribution < 1.29 is 9.59 Å². The second-order valence-corrected chi connectivity index (χ2v) is 7.56. The van der Waals surface area contributed by atoms with E-state index in [1.807, 2.05) is 66.8 Å².